The number of benzene rings is 2. The number of halogens is 4. The van der Waals surface area contributed by atoms with E-state index in [2.05, 4.69) is 9.72 Å². The molecule has 0 spiro atoms. The lowest BCUT2D eigenvalue weighted by Crippen LogP contribution is -2.28. The molecule has 0 atom stereocenters. The van der Waals surface area contributed by atoms with Gasteiger partial charge in [0.05, 0.1) is 17.1 Å². The summed E-state index contributed by atoms with van der Waals surface area (Å²) in [4.78, 5) is 18.4. The summed E-state index contributed by atoms with van der Waals surface area (Å²) in [5.74, 6) is -0.571. The van der Waals surface area contributed by atoms with Crippen LogP contribution in [0.4, 0.5) is 13.2 Å². The van der Waals surface area contributed by atoms with E-state index in [1.54, 1.807) is 12.1 Å². The van der Waals surface area contributed by atoms with Gasteiger partial charge in [-0.15, -0.1) is 24.5 Å². The zero-order valence-corrected chi connectivity index (χ0v) is 17.5. The maximum absolute atomic E-state index is 12.6. The van der Waals surface area contributed by atoms with E-state index in [1.807, 2.05) is 23.6 Å². The molecule has 0 radical (unpaired) electrons. The second-order valence-electron chi connectivity index (χ2n) is 6.62. The molecule has 1 heterocycles. The maximum atomic E-state index is 12.6. The SMILES string of the molecule is CN(Cc1ccccc1OC(F)(F)F)C(=O)Cc1csc(Cc2cccc(Cl)c2)n1. The van der Waals surface area contributed by atoms with Gasteiger partial charge in [-0.1, -0.05) is 41.9 Å². The number of hydrogen-bond donors (Lipinski definition) is 0. The molecule has 0 aliphatic heterocycles. The van der Waals surface area contributed by atoms with Gasteiger partial charge in [0.2, 0.25) is 5.91 Å². The topological polar surface area (TPSA) is 42.4 Å². The van der Waals surface area contributed by atoms with Crippen LogP contribution in [0.3, 0.4) is 0 Å². The van der Waals surface area contributed by atoms with Crippen LogP contribution >= 0.6 is 22.9 Å². The van der Waals surface area contributed by atoms with Crippen LogP contribution in [0.5, 0.6) is 5.75 Å². The largest absolute Gasteiger partial charge is 0.573 e. The summed E-state index contributed by atoms with van der Waals surface area (Å²) in [7, 11) is 1.53. The molecule has 30 heavy (non-hydrogen) atoms. The fraction of sp³-hybridized carbons (Fsp3) is 0.238. The van der Waals surface area contributed by atoms with Gasteiger partial charge < -0.3 is 9.64 Å². The molecular formula is C21H18ClF3N2O2S. The van der Waals surface area contributed by atoms with Crippen LogP contribution in [0, 0.1) is 0 Å². The highest BCUT2D eigenvalue weighted by Crippen LogP contribution is 2.27. The number of aromatic nitrogens is 1. The Morgan fingerprint density at radius 1 is 1.20 bits per heavy atom. The number of carbonyl (C=O) groups excluding carboxylic acids is 1. The number of thiazole rings is 1. The summed E-state index contributed by atoms with van der Waals surface area (Å²) in [6.45, 7) is -0.00933. The minimum Gasteiger partial charge on any atom is -0.405 e. The van der Waals surface area contributed by atoms with Crippen LogP contribution in [0.2, 0.25) is 5.02 Å². The second-order valence-corrected chi connectivity index (χ2v) is 8.00. The molecular weight excluding hydrogens is 437 g/mol. The third-order valence-corrected chi connectivity index (χ3v) is 5.34. The average molecular weight is 455 g/mol. The van der Waals surface area contributed by atoms with Crippen LogP contribution in [0.1, 0.15) is 21.8 Å². The Morgan fingerprint density at radius 3 is 2.70 bits per heavy atom. The van der Waals surface area contributed by atoms with E-state index in [-0.39, 0.29) is 30.2 Å². The normalized spacial score (nSPS) is 11.4. The highest BCUT2D eigenvalue weighted by Gasteiger charge is 2.32. The molecule has 0 fully saturated rings. The zero-order chi connectivity index (χ0) is 21.7. The van der Waals surface area contributed by atoms with Crippen LogP contribution in [-0.2, 0) is 24.2 Å². The third kappa shape index (κ3) is 6.47. The second kappa shape index (κ2) is 9.49. The van der Waals surface area contributed by atoms with Crippen molar-refractivity contribution in [3.63, 3.8) is 0 Å². The zero-order valence-electron chi connectivity index (χ0n) is 15.9. The molecule has 0 N–H and O–H groups in total. The maximum Gasteiger partial charge on any atom is 0.573 e. The molecule has 9 heteroatoms. The van der Waals surface area contributed by atoms with Crippen LogP contribution < -0.4 is 4.74 Å². The van der Waals surface area contributed by atoms with Crippen molar-refractivity contribution in [3.05, 3.63) is 80.8 Å². The summed E-state index contributed by atoms with van der Waals surface area (Å²) in [5, 5.41) is 3.31. The number of ether oxygens (including phenoxy) is 1. The molecule has 158 valence electrons. The lowest BCUT2D eigenvalue weighted by atomic mass is 10.1. The average Bonchev–Trinajstić information content (AvgIpc) is 3.09. The van der Waals surface area contributed by atoms with Gasteiger partial charge in [0.25, 0.3) is 0 Å². The van der Waals surface area contributed by atoms with Crippen molar-refractivity contribution in [2.75, 3.05) is 7.05 Å². The number of amides is 1. The molecule has 0 aliphatic rings. The lowest BCUT2D eigenvalue weighted by Gasteiger charge is -2.19. The number of hydrogen-bond acceptors (Lipinski definition) is 4. The van der Waals surface area contributed by atoms with Crippen LogP contribution in [0.25, 0.3) is 0 Å². The molecule has 0 bridgehead atoms. The first-order chi connectivity index (χ1) is 14.2. The Kier molecular flexibility index (Phi) is 6.99. The smallest absolute Gasteiger partial charge is 0.405 e. The van der Waals surface area contributed by atoms with Gasteiger partial charge in [0.15, 0.2) is 0 Å². The lowest BCUT2D eigenvalue weighted by molar-refractivity contribution is -0.275. The van der Waals surface area contributed by atoms with E-state index in [0.717, 1.165) is 10.6 Å². The van der Waals surface area contributed by atoms with Crippen molar-refractivity contribution in [1.82, 2.24) is 9.88 Å². The summed E-state index contributed by atoms with van der Waals surface area (Å²) >= 11 is 7.44. The first-order valence-corrected chi connectivity index (χ1v) is 10.2. The molecule has 3 aromatic rings. The predicted octanol–water partition coefficient (Wildman–Crippen LogP) is 5.49. The molecule has 3 rings (SSSR count). The van der Waals surface area contributed by atoms with E-state index in [9.17, 15) is 18.0 Å². The standard InChI is InChI=1S/C21H18ClF3N2O2S/c1-27(12-15-6-2-3-8-18(15)29-21(23,24)25)20(28)11-17-13-30-19(26-17)10-14-5-4-7-16(22)9-14/h2-9,13H,10-12H2,1H3. The Hall–Kier alpha value is -2.58. The summed E-state index contributed by atoms with van der Waals surface area (Å²) < 4.78 is 41.7. The highest BCUT2D eigenvalue weighted by molar-refractivity contribution is 7.09. The van der Waals surface area contributed by atoms with Crippen molar-refractivity contribution in [3.8, 4) is 5.75 Å². The summed E-state index contributed by atoms with van der Waals surface area (Å²) in [5.41, 5.74) is 1.91. The predicted molar refractivity (Wildman–Crippen MR) is 110 cm³/mol. The van der Waals surface area contributed by atoms with E-state index in [0.29, 0.717) is 17.1 Å². The number of likely N-dealkylation sites (N-methyl/N-ethyl adjacent to an activating group) is 1. The molecule has 1 aromatic heterocycles. The summed E-state index contributed by atoms with van der Waals surface area (Å²) in [6, 6.07) is 13.2. The minimum absolute atomic E-state index is 0.00933. The molecule has 0 unspecified atom stereocenters. The van der Waals surface area contributed by atoms with Crippen LogP contribution in [0.15, 0.2) is 53.9 Å². The Bertz CT molecular complexity index is 1020. The number of alkyl halides is 3. The van der Waals surface area contributed by atoms with E-state index in [4.69, 9.17) is 11.6 Å². The van der Waals surface area contributed by atoms with Gasteiger partial charge >= 0.3 is 6.36 Å². The first-order valence-electron chi connectivity index (χ1n) is 8.95. The Labute approximate surface area is 180 Å². The van der Waals surface area contributed by atoms with Gasteiger partial charge in [-0.25, -0.2) is 4.98 Å². The quantitative estimate of drug-likeness (QED) is 0.474. The molecule has 0 saturated carbocycles. The Balaban J connectivity index is 1.61. The first kappa shape index (κ1) is 22.1. The molecule has 2 aromatic carbocycles. The monoisotopic (exact) mass is 454 g/mol. The number of rotatable bonds is 7. The summed E-state index contributed by atoms with van der Waals surface area (Å²) in [6.07, 6.45) is -4.12. The molecule has 4 nitrogen and oxygen atoms in total. The fourth-order valence-electron chi connectivity index (χ4n) is 2.83. The van der Waals surface area contributed by atoms with Crippen molar-refractivity contribution in [2.24, 2.45) is 0 Å². The minimum atomic E-state index is -4.79. The van der Waals surface area contributed by atoms with Gasteiger partial charge in [-0.3, -0.25) is 4.79 Å². The molecule has 1 amide bonds. The van der Waals surface area contributed by atoms with Crippen molar-refractivity contribution in [2.45, 2.75) is 25.7 Å². The number of carbonyl (C=O) groups is 1. The van der Waals surface area contributed by atoms with E-state index in [1.165, 1.54) is 41.5 Å². The van der Waals surface area contributed by atoms with Gasteiger partial charge in [-0.05, 0) is 23.8 Å². The highest BCUT2D eigenvalue weighted by atomic mass is 35.5. The van der Waals surface area contributed by atoms with Gasteiger partial charge in [0, 0.05) is 36.0 Å². The van der Waals surface area contributed by atoms with Gasteiger partial charge in [-0.2, -0.15) is 0 Å². The third-order valence-electron chi connectivity index (χ3n) is 4.21. The van der Waals surface area contributed by atoms with Crippen molar-refractivity contribution in [1.29, 1.82) is 0 Å². The van der Waals surface area contributed by atoms with E-state index >= 15 is 0 Å². The van der Waals surface area contributed by atoms with E-state index < -0.39 is 6.36 Å². The fourth-order valence-corrected chi connectivity index (χ4v) is 3.87. The molecule has 0 saturated heterocycles. The van der Waals surface area contributed by atoms with Gasteiger partial charge in [0.1, 0.15) is 5.75 Å². The Morgan fingerprint density at radius 2 is 1.97 bits per heavy atom. The van der Waals surface area contributed by atoms with Crippen molar-refractivity contribution >= 4 is 28.8 Å². The number of nitrogens with zero attached hydrogens (tertiary/aromatic N) is 2. The van der Waals surface area contributed by atoms with Crippen LogP contribution in [-0.4, -0.2) is 29.2 Å². The van der Waals surface area contributed by atoms with Crippen molar-refractivity contribution < 1.29 is 22.7 Å². The number of para-hydroxylation sites is 1. The molecule has 0 aliphatic carbocycles.